The van der Waals surface area contributed by atoms with E-state index in [4.69, 9.17) is 4.42 Å². The predicted molar refractivity (Wildman–Crippen MR) is 84.6 cm³/mol. The van der Waals surface area contributed by atoms with Crippen molar-refractivity contribution in [3.05, 3.63) is 47.3 Å². The van der Waals surface area contributed by atoms with Crippen LogP contribution in [0.15, 0.2) is 34.9 Å². The van der Waals surface area contributed by atoms with Gasteiger partial charge in [-0.25, -0.2) is 0 Å². The van der Waals surface area contributed by atoms with Gasteiger partial charge in [-0.05, 0) is 36.9 Å². The Kier molecular flexibility index (Phi) is 4.55. The summed E-state index contributed by atoms with van der Waals surface area (Å²) in [5, 5.41) is 3.35. The minimum atomic E-state index is 0.760. The lowest BCUT2D eigenvalue weighted by Gasteiger charge is -2.17. The second-order valence-corrected chi connectivity index (χ2v) is 5.55. The highest BCUT2D eigenvalue weighted by atomic mass is 16.4. The highest BCUT2D eigenvalue weighted by Gasteiger charge is 2.17. The second-order valence-electron chi connectivity index (χ2n) is 5.55. The number of aromatic nitrogens is 1. The molecule has 0 saturated carbocycles. The van der Waals surface area contributed by atoms with Gasteiger partial charge in [0.1, 0.15) is 6.26 Å². The van der Waals surface area contributed by atoms with Crippen LogP contribution in [0.3, 0.4) is 0 Å². The molecule has 1 aromatic carbocycles. The molecule has 3 rings (SSSR count). The third-order valence-electron chi connectivity index (χ3n) is 3.96. The normalized spacial score (nSPS) is 14.8. The van der Waals surface area contributed by atoms with Gasteiger partial charge in [0.2, 0.25) is 0 Å². The number of hydrogen-bond acceptors (Lipinski definition) is 4. The fourth-order valence-electron chi connectivity index (χ4n) is 2.78. The molecule has 0 fully saturated rings. The first-order valence-electron chi connectivity index (χ1n) is 7.83. The van der Waals surface area contributed by atoms with Crippen LogP contribution in [0.1, 0.15) is 30.2 Å². The largest absolute Gasteiger partial charge is 0.432 e. The molecule has 2 heterocycles. The van der Waals surface area contributed by atoms with Crippen LogP contribution in [0.2, 0.25) is 0 Å². The van der Waals surface area contributed by atoms with E-state index in [0.29, 0.717) is 0 Å². The number of nitrogens with one attached hydrogen (secondary N) is 1. The van der Waals surface area contributed by atoms with Crippen LogP contribution >= 0.6 is 0 Å². The Bertz CT molecular complexity index is 552. The standard InChI is InChI=1S/C17H23N3O/c1-2-9-18-12-16-13-21-17(19-16)20-10-7-14-5-3-4-6-15(14)8-11-20/h3-6,13,18H,2,7-12H2,1H3. The molecule has 0 spiro atoms. The molecule has 0 radical (unpaired) electrons. The van der Waals surface area contributed by atoms with Gasteiger partial charge in [-0.15, -0.1) is 0 Å². The van der Waals surface area contributed by atoms with Crippen LogP contribution in [0.25, 0.3) is 0 Å². The molecule has 2 aromatic rings. The monoisotopic (exact) mass is 285 g/mol. The minimum Gasteiger partial charge on any atom is -0.432 e. The molecule has 1 N–H and O–H groups in total. The Labute approximate surface area is 126 Å². The van der Waals surface area contributed by atoms with Gasteiger partial charge in [-0.3, -0.25) is 0 Å². The van der Waals surface area contributed by atoms with Crippen molar-refractivity contribution < 1.29 is 4.42 Å². The van der Waals surface area contributed by atoms with Gasteiger partial charge in [0, 0.05) is 19.6 Å². The molecule has 4 nitrogen and oxygen atoms in total. The molecule has 0 atom stereocenters. The Balaban J connectivity index is 1.63. The summed E-state index contributed by atoms with van der Waals surface area (Å²) in [4.78, 5) is 6.86. The van der Waals surface area contributed by atoms with E-state index in [2.05, 4.69) is 46.4 Å². The molecular weight excluding hydrogens is 262 g/mol. The summed E-state index contributed by atoms with van der Waals surface area (Å²) in [5.41, 5.74) is 3.90. The third-order valence-corrected chi connectivity index (χ3v) is 3.96. The number of hydrogen-bond donors (Lipinski definition) is 1. The Morgan fingerprint density at radius 3 is 2.57 bits per heavy atom. The molecule has 0 bridgehead atoms. The molecule has 1 aromatic heterocycles. The fourth-order valence-corrected chi connectivity index (χ4v) is 2.78. The van der Waals surface area contributed by atoms with Crippen LogP contribution in [-0.2, 0) is 19.4 Å². The van der Waals surface area contributed by atoms with Gasteiger partial charge in [-0.1, -0.05) is 31.2 Å². The molecule has 4 heteroatoms. The first-order chi connectivity index (χ1) is 10.4. The lowest BCUT2D eigenvalue weighted by atomic mass is 10.0. The predicted octanol–water partition coefficient (Wildman–Crippen LogP) is 2.78. The van der Waals surface area contributed by atoms with Crippen LogP contribution in [0, 0.1) is 0 Å². The SMILES string of the molecule is CCCNCc1coc(N2CCc3ccccc3CC2)n1. The van der Waals surface area contributed by atoms with E-state index in [1.807, 2.05) is 0 Å². The van der Waals surface area contributed by atoms with Crippen molar-refractivity contribution in [2.75, 3.05) is 24.5 Å². The number of anilines is 1. The molecular formula is C17H23N3O. The molecule has 21 heavy (non-hydrogen) atoms. The number of rotatable bonds is 5. The summed E-state index contributed by atoms with van der Waals surface area (Å²) in [6.07, 6.45) is 5.02. The second kappa shape index (κ2) is 6.76. The average Bonchev–Trinajstić information content (AvgIpc) is 2.87. The summed E-state index contributed by atoms with van der Waals surface area (Å²) in [7, 11) is 0. The summed E-state index contributed by atoms with van der Waals surface area (Å²) in [6.45, 7) is 5.90. The van der Waals surface area contributed by atoms with Crippen LogP contribution in [0.5, 0.6) is 0 Å². The van der Waals surface area contributed by atoms with Gasteiger partial charge in [0.05, 0.1) is 5.69 Å². The molecule has 0 unspecified atom stereocenters. The van der Waals surface area contributed by atoms with E-state index in [0.717, 1.165) is 57.2 Å². The Morgan fingerprint density at radius 2 is 1.90 bits per heavy atom. The first kappa shape index (κ1) is 14.1. The molecule has 112 valence electrons. The molecule has 0 aliphatic carbocycles. The fraction of sp³-hybridized carbons (Fsp3) is 0.471. The maximum absolute atomic E-state index is 5.66. The zero-order valence-electron chi connectivity index (χ0n) is 12.6. The van der Waals surface area contributed by atoms with Crippen LogP contribution in [-0.4, -0.2) is 24.6 Å². The minimum absolute atomic E-state index is 0.760. The first-order valence-corrected chi connectivity index (χ1v) is 7.83. The topological polar surface area (TPSA) is 41.3 Å². The van der Waals surface area contributed by atoms with Gasteiger partial charge in [-0.2, -0.15) is 4.98 Å². The maximum Gasteiger partial charge on any atom is 0.297 e. The third kappa shape index (κ3) is 3.45. The van der Waals surface area contributed by atoms with Crippen molar-refractivity contribution in [2.45, 2.75) is 32.7 Å². The van der Waals surface area contributed by atoms with Gasteiger partial charge in [0.15, 0.2) is 0 Å². The number of fused-ring (bicyclic) bond motifs is 1. The number of nitrogens with zero attached hydrogens (tertiary/aromatic N) is 2. The van der Waals surface area contributed by atoms with Crippen molar-refractivity contribution in [1.29, 1.82) is 0 Å². The zero-order chi connectivity index (χ0) is 14.5. The molecule has 1 aliphatic heterocycles. The molecule has 1 aliphatic rings. The van der Waals surface area contributed by atoms with E-state index in [1.165, 1.54) is 11.1 Å². The zero-order valence-corrected chi connectivity index (χ0v) is 12.6. The van der Waals surface area contributed by atoms with Crippen molar-refractivity contribution in [3.8, 4) is 0 Å². The summed E-state index contributed by atoms with van der Waals surface area (Å²) < 4.78 is 5.66. The summed E-state index contributed by atoms with van der Waals surface area (Å²) >= 11 is 0. The number of oxazole rings is 1. The van der Waals surface area contributed by atoms with Gasteiger partial charge in [0.25, 0.3) is 6.01 Å². The van der Waals surface area contributed by atoms with Crippen molar-refractivity contribution >= 4 is 6.01 Å². The average molecular weight is 285 g/mol. The quantitative estimate of drug-likeness (QED) is 0.858. The van der Waals surface area contributed by atoms with Crippen molar-refractivity contribution in [3.63, 3.8) is 0 Å². The lowest BCUT2D eigenvalue weighted by Crippen LogP contribution is -2.26. The van der Waals surface area contributed by atoms with Crippen molar-refractivity contribution in [1.82, 2.24) is 10.3 Å². The molecule has 0 saturated heterocycles. The molecule has 0 amide bonds. The van der Waals surface area contributed by atoms with E-state index >= 15 is 0 Å². The summed E-state index contributed by atoms with van der Waals surface area (Å²) in [6, 6.07) is 9.47. The highest BCUT2D eigenvalue weighted by molar-refractivity contribution is 5.35. The van der Waals surface area contributed by atoms with E-state index < -0.39 is 0 Å². The van der Waals surface area contributed by atoms with Crippen molar-refractivity contribution in [2.24, 2.45) is 0 Å². The van der Waals surface area contributed by atoms with Crippen LogP contribution < -0.4 is 10.2 Å². The Hall–Kier alpha value is -1.81. The number of benzene rings is 1. The van der Waals surface area contributed by atoms with Crippen LogP contribution in [0.4, 0.5) is 6.01 Å². The lowest BCUT2D eigenvalue weighted by molar-refractivity contribution is 0.533. The van der Waals surface area contributed by atoms with E-state index in [9.17, 15) is 0 Å². The Morgan fingerprint density at radius 1 is 1.19 bits per heavy atom. The van der Waals surface area contributed by atoms with Gasteiger partial charge < -0.3 is 14.6 Å². The van der Waals surface area contributed by atoms with E-state index in [-0.39, 0.29) is 0 Å². The maximum atomic E-state index is 5.66. The van der Waals surface area contributed by atoms with E-state index in [1.54, 1.807) is 6.26 Å². The van der Waals surface area contributed by atoms with Gasteiger partial charge >= 0.3 is 0 Å². The highest BCUT2D eigenvalue weighted by Crippen LogP contribution is 2.20. The summed E-state index contributed by atoms with van der Waals surface area (Å²) in [5.74, 6) is 0. The smallest absolute Gasteiger partial charge is 0.297 e.